The second-order valence-electron chi connectivity index (χ2n) is 3.10. The van der Waals surface area contributed by atoms with Gasteiger partial charge in [0, 0.05) is 4.90 Å². The lowest BCUT2D eigenvalue weighted by Gasteiger charge is -2.14. The van der Waals surface area contributed by atoms with Crippen LogP contribution in [0.15, 0.2) is 29.2 Å². The van der Waals surface area contributed by atoms with E-state index in [1.165, 1.54) is 4.31 Å². The Kier molecular flexibility index (Phi) is 3.49. The zero-order valence-corrected chi connectivity index (χ0v) is 8.66. The van der Waals surface area contributed by atoms with Gasteiger partial charge in [-0.25, -0.2) is 0 Å². The minimum atomic E-state index is -1.02. The van der Waals surface area contributed by atoms with Gasteiger partial charge < -0.3 is 5.11 Å². The van der Waals surface area contributed by atoms with Crippen molar-refractivity contribution in [3.8, 4) is 0 Å². The predicted molar refractivity (Wildman–Crippen MR) is 64.8 cm³/mol. The van der Waals surface area contributed by atoms with E-state index in [2.05, 4.69) is 5.87 Å². The zero-order valence-electron chi connectivity index (χ0n) is 7.84. The number of carboxylic acid groups (broad SMARTS) is 1. The number of hydrogen-bond donors (Lipinski definition) is 1. The third kappa shape index (κ3) is 1.86. The van der Waals surface area contributed by atoms with E-state index in [-0.39, 0.29) is 19.9 Å². The molecule has 4 nitrogen and oxygen atoms in total. The molecule has 2 rings (SSSR count). The second-order valence-corrected chi connectivity index (χ2v) is 4.71. The van der Waals surface area contributed by atoms with Crippen molar-refractivity contribution in [2.45, 2.75) is 12.3 Å². The topological polar surface area (TPSA) is 57.6 Å². The summed E-state index contributed by atoms with van der Waals surface area (Å²) in [7, 11) is -0.683. The maximum Gasteiger partial charge on any atom is 0.324 e. The predicted octanol–water partition coefficient (Wildman–Crippen LogP) is 1.84. The van der Waals surface area contributed by atoms with Gasteiger partial charge in [-0.3, -0.25) is 13.9 Å². The van der Waals surface area contributed by atoms with Gasteiger partial charge >= 0.3 is 5.97 Å². The Bertz CT molecular complexity index is 435. The summed E-state index contributed by atoms with van der Waals surface area (Å²) in [5.74, 6) is 2.57. The summed E-state index contributed by atoms with van der Waals surface area (Å²) >= 11 is 0. The Hall–Kier alpha value is -1.62. The third-order valence-corrected chi connectivity index (χ3v) is 3.83. The summed E-state index contributed by atoms with van der Waals surface area (Å²) in [6.07, 6.45) is 0. The number of nitrogens with zero attached hydrogens (tertiary/aromatic N) is 1. The Morgan fingerprint density at radius 2 is 2.06 bits per heavy atom. The Labute approximate surface area is 96.6 Å². The summed E-state index contributed by atoms with van der Waals surface area (Å²) in [4.78, 5) is 23.2. The molecule has 86 valence electrons. The average molecular weight is 239 g/mol. The van der Waals surface area contributed by atoms with E-state index in [0.29, 0.717) is 5.56 Å². The molecule has 0 aliphatic carbocycles. The molecule has 1 N–H and O–H groups in total. The first-order valence-corrected chi connectivity index (χ1v) is 5.63. The molecule has 1 aromatic carbocycles. The largest absolute Gasteiger partial charge is 0.480 e. The van der Waals surface area contributed by atoms with Crippen LogP contribution in [0, 0.1) is 0 Å². The molecule has 16 heavy (non-hydrogen) atoms. The highest BCUT2D eigenvalue weighted by Gasteiger charge is 2.31. The van der Waals surface area contributed by atoms with Crippen LogP contribution < -0.4 is 0 Å². The van der Waals surface area contributed by atoms with Crippen molar-refractivity contribution >= 4 is 28.4 Å². The molecule has 1 unspecified atom stereocenters. The highest BCUT2D eigenvalue weighted by molar-refractivity contribution is 8.13. The number of benzene rings is 1. The fourth-order valence-electron chi connectivity index (χ4n) is 1.47. The van der Waals surface area contributed by atoms with Crippen molar-refractivity contribution in [3.05, 3.63) is 29.8 Å². The van der Waals surface area contributed by atoms with Gasteiger partial charge in [0.2, 0.25) is 0 Å². The Morgan fingerprint density at radius 3 is 2.62 bits per heavy atom. The molecular weight excluding hydrogens is 226 g/mol. The van der Waals surface area contributed by atoms with Crippen molar-refractivity contribution in [2.75, 3.05) is 6.54 Å². The standard InChI is InChI=1S/C10H9NO3S.CH4/c1-15-8-5-3-2-4-7(8)10(14)11(15)6-9(12)13;/h2-5H,1,6H2,(H,12,13);1H4. The lowest BCUT2D eigenvalue weighted by molar-refractivity contribution is -0.136. The number of rotatable bonds is 2. The molecule has 0 saturated carbocycles. The molecule has 0 aromatic heterocycles. The van der Waals surface area contributed by atoms with Gasteiger partial charge in [0.1, 0.15) is 6.54 Å². The van der Waals surface area contributed by atoms with E-state index in [9.17, 15) is 9.59 Å². The number of carbonyl (C=O) groups is 2. The van der Waals surface area contributed by atoms with Crippen LogP contribution in [-0.4, -0.2) is 33.7 Å². The van der Waals surface area contributed by atoms with Gasteiger partial charge in [-0.05, 0) is 12.1 Å². The van der Waals surface area contributed by atoms with Gasteiger partial charge in [-0.15, -0.1) is 0 Å². The van der Waals surface area contributed by atoms with E-state index >= 15 is 0 Å². The van der Waals surface area contributed by atoms with Crippen LogP contribution in [0.4, 0.5) is 0 Å². The van der Waals surface area contributed by atoms with Crippen molar-refractivity contribution in [1.82, 2.24) is 4.31 Å². The fraction of sp³-hybridized carbons (Fsp3) is 0.182. The normalized spacial score (nSPS) is 17.9. The molecule has 5 heteroatoms. The van der Waals surface area contributed by atoms with E-state index in [0.717, 1.165) is 4.90 Å². The van der Waals surface area contributed by atoms with Crippen molar-refractivity contribution in [3.63, 3.8) is 0 Å². The van der Waals surface area contributed by atoms with E-state index in [1.54, 1.807) is 12.1 Å². The van der Waals surface area contributed by atoms with Crippen molar-refractivity contribution in [1.29, 1.82) is 0 Å². The molecule has 1 amide bonds. The molecule has 1 heterocycles. The number of hydrogen-bond acceptors (Lipinski definition) is 2. The van der Waals surface area contributed by atoms with Crippen LogP contribution in [-0.2, 0) is 4.79 Å². The molecule has 1 aromatic rings. The molecular formula is C11H13NO3S. The third-order valence-electron chi connectivity index (χ3n) is 2.14. The highest BCUT2D eigenvalue weighted by atomic mass is 32.2. The summed E-state index contributed by atoms with van der Waals surface area (Å²) < 4.78 is 1.28. The van der Waals surface area contributed by atoms with Gasteiger partial charge in [0.25, 0.3) is 5.91 Å². The number of carbonyl (C=O) groups excluding carboxylic acids is 1. The maximum atomic E-state index is 11.8. The molecule has 1 aliphatic heterocycles. The second kappa shape index (κ2) is 4.49. The van der Waals surface area contributed by atoms with Gasteiger partial charge in [-0.2, -0.15) is 0 Å². The monoisotopic (exact) mass is 239 g/mol. The summed E-state index contributed by atoms with van der Waals surface area (Å²) in [6.45, 7) is -0.292. The van der Waals surface area contributed by atoms with Crippen LogP contribution in [0.2, 0.25) is 0 Å². The molecule has 0 bridgehead atoms. The fourth-order valence-corrected chi connectivity index (χ4v) is 2.92. The van der Waals surface area contributed by atoms with Gasteiger partial charge in [0.05, 0.1) is 5.56 Å². The first-order valence-electron chi connectivity index (χ1n) is 4.28. The number of aliphatic carboxylic acids is 1. The van der Waals surface area contributed by atoms with Crippen molar-refractivity contribution < 1.29 is 14.7 Å². The van der Waals surface area contributed by atoms with Crippen LogP contribution in [0.1, 0.15) is 17.8 Å². The highest BCUT2D eigenvalue weighted by Crippen LogP contribution is 2.39. The average Bonchev–Trinajstić information content (AvgIpc) is 2.44. The minimum absolute atomic E-state index is 0. The van der Waals surface area contributed by atoms with Gasteiger partial charge in [-0.1, -0.05) is 36.1 Å². The van der Waals surface area contributed by atoms with Gasteiger partial charge in [0.15, 0.2) is 0 Å². The number of amides is 1. The van der Waals surface area contributed by atoms with Crippen LogP contribution >= 0.6 is 10.7 Å². The van der Waals surface area contributed by atoms with E-state index in [4.69, 9.17) is 5.11 Å². The van der Waals surface area contributed by atoms with E-state index < -0.39 is 16.6 Å². The summed E-state index contributed by atoms with van der Waals surface area (Å²) in [5, 5.41) is 8.67. The molecule has 0 saturated heterocycles. The summed E-state index contributed by atoms with van der Waals surface area (Å²) in [6, 6.07) is 7.09. The first kappa shape index (κ1) is 12.4. The lowest BCUT2D eigenvalue weighted by atomic mass is 10.2. The quantitative estimate of drug-likeness (QED) is 0.801. The van der Waals surface area contributed by atoms with E-state index in [1.807, 2.05) is 12.1 Å². The van der Waals surface area contributed by atoms with Crippen LogP contribution in [0.5, 0.6) is 0 Å². The number of fused-ring (bicyclic) bond motifs is 1. The minimum Gasteiger partial charge on any atom is -0.480 e. The maximum absolute atomic E-state index is 11.8. The SMILES string of the molecule is C.C=S1c2ccccc2C(=O)N1CC(=O)O. The molecule has 1 aliphatic rings. The zero-order chi connectivity index (χ0) is 11.0. The molecule has 1 atom stereocenters. The van der Waals surface area contributed by atoms with Crippen molar-refractivity contribution in [2.24, 2.45) is 0 Å². The first-order chi connectivity index (χ1) is 7.11. The molecule has 0 spiro atoms. The van der Waals surface area contributed by atoms with Crippen LogP contribution in [0.25, 0.3) is 0 Å². The number of carboxylic acids is 1. The van der Waals surface area contributed by atoms with Crippen LogP contribution in [0.3, 0.4) is 0 Å². The Balaban J connectivity index is 0.00000128. The lowest BCUT2D eigenvalue weighted by Crippen LogP contribution is -2.26. The molecule has 0 radical (unpaired) electrons. The smallest absolute Gasteiger partial charge is 0.324 e. The summed E-state index contributed by atoms with van der Waals surface area (Å²) in [5.41, 5.74) is 0.567. The Morgan fingerprint density at radius 1 is 1.44 bits per heavy atom. The molecule has 0 fully saturated rings.